The fourth-order valence-corrected chi connectivity index (χ4v) is 2.93. The summed E-state index contributed by atoms with van der Waals surface area (Å²) in [4.78, 5) is 13.8. The number of likely N-dealkylation sites (tertiary alicyclic amines) is 1. The first-order valence-corrected chi connectivity index (χ1v) is 7.13. The van der Waals surface area contributed by atoms with Crippen LogP contribution < -0.4 is 0 Å². The molecule has 0 radical (unpaired) electrons. The minimum atomic E-state index is -0.248. The molecule has 1 aliphatic heterocycles. The second-order valence-electron chi connectivity index (χ2n) is 4.83. The number of carbonyl (C=O) groups is 1. The highest BCUT2D eigenvalue weighted by Gasteiger charge is 2.26. The molecule has 0 aromatic heterocycles. The van der Waals surface area contributed by atoms with Crippen LogP contribution >= 0.6 is 15.9 Å². The summed E-state index contributed by atoms with van der Waals surface area (Å²) >= 11 is 3.37. The van der Waals surface area contributed by atoms with E-state index in [2.05, 4.69) is 20.8 Å². The first-order valence-electron chi connectivity index (χ1n) is 6.34. The number of rotatable bonds is 3. The SMILES string of the molecule is COC(=O)[C@H]1CCCN(Cc2ccc(F)cc2Br)C1. The van der Waals surface area contributed by atoms with Gasteiger partial charge in [-0.05, 0) is 37.1 Å². The number of halogens is 2. The van der Waals surface area contributed by atoms with E-state index in [1.165, 1.54) is 19.2 Å². The van der Waals surface area contributed by atoms with Gasteiger partial charge in [0.25, 0.3) is 0 Å². The van der Waals surface area contributed by atoms with Crippen molar-refractivity contribution >= 4 is 21.9 Å². The molecule has 1 saturated heterocycles. The van der Waals surface area contributed by atoms with Crippen LogP contribution in [-0.2, 0) is 16.1 Å². The maximum absolute atomic E-state index is 13.0. The van der Waals surface area contributed by atoms with Crippen LogP contribution in [0.1, 0.15) is 18.4 Å². The van der Waals surface area contributed by atoms with Gasteiger partial charge >= 0.3 is 5.97 Å². The largest absolute Gasteiger partial charge is 0.469 e. The molecule has 3 nitrogen and oxygen atoms in total. The molecule has 1 aromatic rings. The van der Waals surface area contributed by atoms with Gasteiger partial charge in [0.1, 0.15) is 5.82 Å². The Morgan fingerprint density at radius 1 is 1.58 bits per heavy atom. The zero-order valence-corrected chi connectivity index (χ0v) is 12.5. The third-order valence-corrected chi connectivity index (χ3v) is 4.19. The lowest BCUT2D eigenvalue weighted by molar-refractivity contribution is -0.147. The zero-order valence-electron chi connectivity index (χ0n) is 10.9. The quantitative estimate of drug-likeness (QED) is 0.798. The first kappa shape index (κ1) is 14.5. The van der Waals surface area contributed by atoms with E-state index in [0.717, 1.165) is 29.4 Å². The minimum Gasteiger partial charge on any atom is -0.469 e. The molecule has 5 heteroatoms. The zero-order chi connectivity index (χ0) is 13.8. The summed E-state index contributed by atoms with van der Waals surface area (Å²) in [5.41, 5.74) is 1.03. The molecule has 0 bridgehead atoms. The van der Waals surface area contributed by atoms with Crippen molar-refractivity contribution in [1.82, 2.24) is 4.90 Å². The van der Waals surface area contributed by atoms with Gasteiger partial charge in [-0.3, -0.25) is 9.69 Å². The second kappa shape index (κ2) is 6.48. The monoisotopic (exact) mass is 329 g/mol. The standard InChI is InChI=1S/C14H17BrFNO2/c1-19-14(18)11-3-2-6-17(9-11)8-10-4-5-12(16)7-13(10)15/h4-5,7,11H,2-3,6,8-9H2,1H3/t11-/m0/s1. The van der Waals surface area contributed by atoms with Crippen molar-refractivity contribution < 1.29 is 13.9 Å². The number of methoxy groups -OCH3 is 1. The van der Waals surface area contributed by atoms with Crippen LogP contribution in [0.5, 0.6) is 0 Å². The van der Waals surface area contributed by atoms with Crippen LogP contribution in [0.4, 0.5) is 4.39 Å². The van der Waals surface area contributed by atoms with Crippen molar-refractivity contribution in [1.29, 1.82) is 0 Å². The summed E-state index contributed by atoms with van der Waals surface area (Å²) in [7, 11) is 1.43. The number of hydrogen-bond donors (Lipinski definition) is 0. The predicted octanol–water partition coefficient (Wildman–Crippen LogP) is 2.97. The van der Waals surface area contributed by atoms with Crippen LogP contribution in [-0.4, -0.2) is 31.1 Å². The molecule has 1 fully saturated rings. The molecule has 0 amide bonds. The molecule has 104 valence electrons. The maximum atomic E-state index is 13.0. The molecule has 1 aromatic carbocycles. The van der Waals surface area contributed by atoms with E-state index < -0.39 is 0 Å². The average molecular weight is 330 g/mol. The highest BCUT2D eigenvalue weighted by atomic mass is 79.9. The van der Waals surface area contributed by atoms with Crippen molar-refractivity contribution in [3.05, 3.63) is 34.1 Å². The molecule has 19 heavy (non-hydrogen) atoms. The fraction of sp³-hybridized carbons (Fsp3) is 0.500. The van der Waals surface area contributed by atoms with E-state index in [1.54, 1.807) is 6.07 Å². The molecule has 1 atom stereocenters. The molecule has 1 heterocycles. The third kappa shape index (κ3) is 3.76. The lowest BCUT2D eigenvalue weighted by Gasteiger charge is -2.31. The Bertz CT molecular complexity index is 467. The summed E-state index contributed by atoms with van der Waals surface area (Å²) in [6.07, 6.45) is 1.87. The average Bonchev–Trinajstić information content (AvgIpc) is 2.41. The summed E-state index contributed by atoms with van der Waals surface area (Å²) in [6, 6.07) is 4.71. The van der Waals surface area contributed by atoms with Crippen molar-refractivity contribution in [2.24, 2.45) is 5.92 Å². The van der Waals surface area contributed by atoms with Crippen LogP contribution in [0.3, 0.4) is 0 Å². The van der Waals surface area contributed by atoms with Gasteiger partial charge in [-0.25, -0.2) is 4.39 Å². The Labute approximate surface area is 120 Å². The van der Waals surface area contributed by atoms with Gasteiger partial charge in [0.15, 0.2) is 0 Å². The molecular formula is C14H17BrFNO2. The lowest BCUT2D eigenvalue weighted by Crippen LogP contribution is -2.38. The van der Waals surface area contributed by atoms with Gasteiger partial charge in [-0.15, -0.1) is 0 Å². The van der Waals surface area contributed by atoms with Gasteiger partial charge in [0, 0.05) is 17.6 Å². The smallest absolute Gasteiger partial charge is 0.309 e. The number of piperidine rings is 1. The van der Waals surface area contributed by atoms with Crippen molar-refractivity contribution in [2.45, 2.75) is 19.4 Å². The molecule has 1 aliphatic rings. The molecule has 0 saturated carbocycles. The predicted molar refractivity (Wildman–Crippen MR) is 74.1 cm³/mol. The Hall–Kier alpha value is -0.940. The van der Waals surface area contributed by atoms with Crippen molar-refractivity contribution in [3.63, 3.8) is 0 Å². The Morgan fingerprint density at radius 2 is 2.37 bits per heavy atom. The summed E-state index contributed by atoms with van der Waals surface area (Å²) < 4.78 is 18.6. The summed E-state index contributed by atoms with van der Waals surface area (Å²) in [5.74, 6) is -0.428. The van der Waals surface area contributed by atoms with E-state index in [9.17, 15) is 9.18 Å². The highest BCUT2D eigenvalue weighted by molar-refractivity contribution is 9.10. The van der Waals surface area contributed by atoms with Crippen LogP contribution in [0, 0.1) is 11.7 Å². The number of esters is 1. The van der Waals surface area contributed by atoms with Gasteiger partial charge in [-0.1, -0.05) is 22.0 Å². The molecule has 2 rings (SSSR count). The molecule has 0 unspecified atom stereocenters. The van der Waals surface area contributed by atoms with Gasteiger partial charge < -0.3 is 4.74 Å². The van der Waals surface area contributed by atoms with Gasteiger partial charge in [0.05, 0.1) is 13.0 Å². The topological polar surface area (TPSA) is 29.5 Å². The molecule has 0 aliphatic carbocycles. The van der Waals surface area contributed by atoms with E-state index in [4.69, 9.17) is 4.74 Å². The van der Waals surface area contributed by atoms with Crippen molar-refractivity contribution in [2.75, 3.05) is 20.2 Å². The van der Waals surface area contributed by atoms with E-state index in [1.807, 2.05) is 0 Å². The normalized spacial score (nSPS) is 20.3. The number of benzene rings is 1. The molecule has 0 spiro atoms. The first-order chi connectivity index (χ1) is 9.10. The van der Waals surface area contributed by atoms with Crippen molar-refractivity contribution in [3.8, 4) is 0 Å². The lowest BCUT2D eigenvalue weighted by atomic mass is 9.98. The van der Waals surface area contributed by atoms with Crippen LogP contribution in [0.15, 0.2) is 22.7 Å². The van der Waals surface area contributed by atoms with E-state index >= 15 is 0 Å². The fourth-order valence-electron chi connectivity index (χ4n) is 2.45. The Kier molecular flexibility index (Phi) is 4.93. The van der Waals surface area contributed by atoms with Gasteiger partial charge in [-0.2, -0.15) is 0 Å². The third-order valence-electron chi connectivity index (χ3n) is 3.45. The Balaban J connectivity index is 2.00. The molecule has 0 N–H and O–H groups in total. The summed E-state index contributed by atoms with van der Waals surface area (Å²) in [5, 5.41) is 0. The van der Waals surface area contributed by atoms with E-state index in [-0.39, 0.29) is 17.7 Å². The van der Waals surface area contributed by atoms with Gasteiger partial charge in [0.2, 0.25) is 0 Å². The number of hydrogen-bond acceptors (Lipinski definition) is 3. The van der Waals surface area contributed by atoms with Crippen LogP contribution in [0.2, 0.25) is 0 Å². The maximum Gasteiger partial charge on any atom is 0.309 e. The minimum absolute atomic E-state index is 0.0435. The number of carbonyl (C=O) groups excluding carboxylic acids is 1. The van der Waals surface area contributed by atoms with Crippen LogP contribution in [0.25, 0.3) is 0 Å². The second-order valence-corrected chi connectivity index (χ2v) is 5.69. The number of ether oxygens (including phenoxy) is 1. The highest BCUT2D eigenvalue weighted by Crippen LogP contribution is 2.23. The van der Waals surface area contributed by atoms with E-state index in [0.29, 0.717) is 13.1 Å². The number of nitrogens with zero attached hydrogens (tertiary/aromatic N) is 1. The molecular weight excluding hydrogens is 313 g/mol. The summed E-state index contributed by atoms with van der Waals surface area (Å²) in [6.45, 7) is 2.38. The Morgan fingerprint density at radius 3 is 3.05 bits per heavy atom.